The smallest absolute Gasteiger partial charge is 0.233 e. The number of aryl methyl sites for hydroxylation is 1. The zero-order valence-corrected chi connectivity index (χ0v) is 14.1. The van der Waals surface area contributed by atoms with E-state index in [4.69, 9.17) is 4.52 Å². The Labute approximate surface area is 139 Å². The molecule has 24 heavy (non-hydrogen) atoms. The van der Waals surface area contributed by atoms with E-state index in [1.165, 1.54) is 30.3 Å². The Balaban J connectivity index is 1.90. The van der Waals surface area contributed by atoms with Crippen LogP contribution in [-0.4, -0.2) is 38.8 Å². The van der Waals surface area contributed by atoms with Crippen molar-refractivity contribution in [2.75, 3.05) is 23.7 Å². The van der Waals surface area contributed by atoms with Crippen molar-refractivity contribution in [2.45, 2.75) is 13.3 Å². The number of nitrogens with one attached hydrogen (secondary N) is 1. The van der Waals surface area contributed by atoms with Crippen molar-refractivity contribution in [3.63, 3.8) is 0 Å². The number of anilines is 1. The lowest BCUT2D eigenvalue weighted by Gasteiger charge is -2.19. The third kappa shape index (κ3) is 5.05. The first-order valence-electron chi connectivity index (χ1n) is 7.18. The molecule has 0 fully saturated rings. The average Bonchev–Trinajstić information content (AvgIpc) is 2.91. The SMILES string of the molecule is Cc1cc(N(CCNC(=O)Cc2ccc(F)cc2)S(C)(=O)=O)no1. The van der Waals surface area contributed by atoms with E-state index in [2.05, 4.69) is 10.5 Å². The third-order valence-electron chi connectivity index (χ3n) is 3.19. The second-order valence-electron chi connectivity index (χ2n) is 5.28. The van der Waals surface area contributed by atoms with Crippen LogP contribution in [0.25, 0.3) is 0 Å². The summed E-state index contributed by atoms with van der Waals surface area (Å²) >= 11 is 0. The number of amides is 1. The Bertz CT molecular complexity index is 802. The van der Waals surface area contributed by atoms with Gasteiger partial charge in [0.2, 0.25) is 15.9 Å². The van der Waals surface area contributed by atoms with Gasteiger partial charge in [-0.3, -0.25) is 4.79 Å². The highest BCUT2D eigenvalue weighted by Crippen LogP contribution is 2.16. The van der Waals surface area contributed by atoms with Crippen LogP contribution in [-0.2, 0) is 21.2 Å². The monoisotopic (exact) mass is 355 g/mol. The number of halogens is 1. The molecule has 0 aliphatic rings. The van der Waals surface area contributed by atoms with Crippen molar-refractivity contribution in [3.05, 3.63) is 47.5 Å². The molecule has 2 rings (SSSR count). The summed E-state index contributed by atoms with van der Waals surface area (Å²) in [6, 6.07) is 7.11. The van der Waals surface area contributed by atoms with Gasteiger partial charge in [-0.1, -0.05) is 17.3 Å². The van der Waals surface area contributed by atoms with Gasteiger partial charge in [-0.25, -0.2) is 17.1 Å². The molecule has 0 unspecified atom stereocenters. The zero-order valence-electron chi connectivity index (χ0n) is 13.3. The quantitative estimate of drug-likeness (QED) is 0.807. The van der Waals surface area contributed by atoms with Gasteiger partial charge in [-0.05, 0) is 24.6 Å². The van der Waals surface area contributed by atoms with Gasteiger partial charge in [0.15, 0.2) is 5.82 Å². The lowest BCUT2D eigenvalue weighted by atomic mass is 10.1. The number of aromatic nitrogens is 1. The number of hydrogen-bond donors (Lipinski definition) is 1. The molecule has 0 spiro atoms. The van der Waals surface area contributed by atoms with E-state index >= 15 is 0 Å². The largest absolute Gasteiger partial charge is 0.360 e. The second-order valence-corrected chi connectivity index (χ2v) is 7.19. The fourth-order valence-corrected chi connectivity index (χ4v) is 2.92. The lowest BCUT2D eigenvalue weighted by Crippen LogP contribution is -2.38. The molecule has 0 atom stereocenters. The first kappa shape index (κ1) is 17.9. The molecule has 2 aromatic rings. The van der Waals surface area contributed by atoms with Crippen molar-refractivity contribution in [1.29, 1.82) is 0 Å². The summed E-state index contributed by atoms with van der Waals surface area (Å²) in [5.74, 6) is -0.000899. The molecule has 130 valence electrons. The van der Waals surface area contributed by atoms with Gasteiger partial charge < -0.3 is 9.84 Å². The highest BCUT2D eigenvalue weighted by Gasteiger charge is 2.20. The molecule has 1 aromatic heterocycles. The van der Waals surface area contributed by atoms with Crippen LogP contribution in [0.2, 0.25) is 0 Å². The summed E-state index contributed by atoms with van der Waals surface area (Å²) in [6.07, 6.45) is 1.14. The fraction of sp³-hybridized carbons (Fsp3) is 0.333. The lowest BCUT2D eigenvalue weighted by molar-refractivity contribution is -0.120. The first-order chi connectivity index (χ1) is 11.3. The number of rotatable bonds is 7. The van der Waals surface area contributed by atoms with E-state index < -0.39 is 10.0 Å². The van der Waals surface area contributed by atoms with Crippen molar-refractivity contribution in [1.82, 2.24) is 10.5 Å². The number of hydrogen-bond acceptors (Lipinski definition) is 5. The fourth-order valence-electron chi connectivity index (χ4n) is 2.07. The minimum atomic E-state index is -3.55. The third-order valence-corrected chi connectivity index (χ3v) is 4.36. The predicted octanol–water partition coefficient (Wildman–Crippen LogP) is 1.25. The van der Waals surface area contributed by atoms with Crippen LogP contribution < -0.4 is 9.62 Å². The molecule has 7 nitrogen and oxygen atoms in total. The molecule has 1 amide bonds. The highest BCUT2D eigenvalue weighted by atomic mass is 32.2. The zero-order chi connectivity index (χ0) is 17.7. The average molecular weight is 355 g/mol. The van der Waals surface area contributed by atoms with Crippen LogP contribution in [0.3, 0.4) is 0 Å². The molecule has 0 saturated heterocycles. The molecule has 0 aliphatic heterocycles. The van der Waals surface area contributed by atoms with Gasteiger partial charge >= 0.3 is 0 Å². The van der Waals surface area contributed by atoms with E-state index in [9.17, 15) is 17.6 Å². The van der Waals surface area contributed by atoms with E-state index in [-0.39, 0.29) is 37.1 Å². The topological polar surface area (TPSA) is 92.5 Å². The molecule has 0 bridgehead atoms. The number of sulfonamides is 1. The van der Waals surface area contributed by atoms with Gasteiger partial charge in [0.05, 0.1) is 19.2 Å². The van der Waals surface area contributed by atoms with Crippen molar-refractivity contribution in [3.8, 4) is 0 Å². The number of carbonyl (C=O) groups is 1. The van der Waals surface area contributed by atoms with Crippen molar-refractivity contribution >= 4 is 21.7 Å². The van der Waals surface area contributed by atoms with Crippen LogP contribution in [0.5, 0.6) is 0 Å². The van der Waals surface area contributed by atoms with Gasteiger partial charge in [0.25, 0.3) is 0 Å². The van der Waals surface area contributed by atoms with E-state index in [0.717, 1.165) is 10.6 Å². The number of benzene rings is 1. The number of nitrogens with zero attached hydrogens (tertiary/aromatic N) is 2. The molecule has 9 heteroatoms. The predicted molar refractivity (Wildman–Crippen MR) is 86.5 cm³/mol. The maximum atomic E-state index is 12.8. The summed E-state index contributed by atoms with van der Waals surface area (Å²) in [6.45, 7) is 1.79. The summed E-state index contributed by atoms with van der Waals surface area (Å²) in [7, 11) is -3.55. The van der Waals surface area contributed by atoms with Gasteiger partial charge in [-0.15, -0.1) is 0 Å². The van der Waals surface area contributed by atoms with Crippen LogP contribution >= 0.6 is 0 Å². The molecule has 0 aliphatic carbocycles. The highest BCUT2D eigenvalue weighted by molar-refractivity contribution is 7.92. The van der Waals surface area contributed by atoms with Gasteiger partial charge in [-0.2, -0.15) is 0 Å². The second kappa shape index (κ2) is 7.43. The van der Waals surface area contributed by atoms with Crippen LogP contribution in [0.15, 0.2) is 34.9 Å². The Morgan fingerprint density at radius 1 is 1.33 bits per heavy atom. The van der Waals surface area contributed by atoms with Crippen molar-refractivity contribution < 1.29 is 22.1 Å². The summed E-state index contributed by atoms with van der Waals surface area (Å²) < 4.78 is 42.4. The Kier molecular flexibility index (Phi) is 5.55. The molecule has 0 saturated carbocycles. The van der Waals surface area contributed by atoms with Gasteiger partial charge in [0, 0.05) is 12.6 Å². The Hall–Kier alpha value is -2.42. The molecule has 1 N–H and O–H groups in total. The minimum Gasteiger partial charge on any atom is -0.360 e. The minimum absolute atomic E-state index is 0.0277. The summed E-state index contributed by atoms with van der Waals surface area (Å²) in [4.78, 5) is 11.9. The maximum Gasteiger partial charge on any atom is 0.233 e. The molecular weight excluding hydrogens is 337 g/mol. The standard InChI is InChI=1S/C15H18FN3O4S/c1-11-9-14(18-23-11)19(24(2,21)22)8-7-17-15(20)10-12-3-5-13(16)6-4-12/h3-6,9H,7-8,10H2,1-2H3,(H,17,20). The van der Waals surface area contributed by atoms with Crippen molar-refractivity contribution in [2.24, 2.45) is 0 Å². The normalized spacial score (nSPS) is 11.3. The van der Waals surface area contributed by atoms with Crippen LogP contribution in [0.1, 0.15) is 11.3 Å². The molecule has 1 aromatic carbocycles. The Morgan fingerprint density at radius 3 is 2.54 bits per heavy atom. The van der Waals surface area contributed by atoms with Gasteiger partial charge in [0.1, 0.15) is 11.6 Å². The molecule has 1 heterocycles. The van der Waals surface area contributed by atoms with E-state index in [0.29, 0.717) is 11.3 Å². The summed E-state index contributed by atoms with van der Waals surface area (Å²) in [5.41, 5.74) is 0.668. The maximum absolute atomic E-state index is 12.8. The van der Waals surface area contributed by atoms with Crippen LogP contribution in [0, 0.1) is 12.7 Å². The first-order valence-corrected chi connectivity index (χ1v) is 9.03. The Morgan fingerprint density at radius 2 is 2.00 bits per heavy atom. The van der Waals surface area contributed by atoms with Crippen LogP contribution in [0.4, 0.5) is 10.2 Å². The van der Waals surface area contributed by atoms with E-state index in [1.807, 2.05) is 0 Å². The number of carbonyl (C=O) groups excluding carboxylic acids is 1. The molecular formula is C15H18FN3O4S. The van der Waals surface area contributed by atoms with E-state index in [1.54, 1.807) is 6.92 Å². The molecule has 0 radical (unpaired) electrons. The summed E-state index contributed by atoms with van der Waals surface area (Å²) in [5, 5.41) is 6.31.